The Bertz CT molecular complexity index is 717. The number of rotatable bonds is 6. The van der Waals surface area contributed by atoms with Crippen molar-refractivity contribution in [3.63, 3.8) is 0 Å². The average Bonchev–Trinajstić information content (AvgIpc) is 3.05. The third kappa shape index (κ3) is 4.15. The molecule has 6 nitrogen and oxygen atoms in total. The monoisotopic (exact) mass is 343 g/mol. The first-order valence-electron chi connectivity index (χ1n) is 7.62. The SMILES string of the molecule is CCn1ncc(CNC(=O)CCn2nc(C(F)(F)F)cc2C)c1C. The summed E-state index contributed by atoms with van der Waals surface area (Å²) in [5, 5.41) is 10.4. The topological polar surface area (TPSA) is 64.7 Å². The second kappa shape index (κ2) is 7.06. The van der Waals surface area contributed by atoms with Crippen LogP contribution in [0.5, 0.6) is 0 Å². The Morgan fingerprint density at radius 2 is 2.00 bits per heavy atom. The number of hydrogen-bond acceptors (Lipinski definition) is 3. The van der Waals surface area contributed by atoms with Gasteiger partial charge < -0.3 is 5.32 Å². The molecule has 0 aliphatic carbocycles. The summed E-state index contributed by atoms with van der Waals surface area (Å²) in [5.74, 6) is -0.248. The van der Waals surface area contributed by atoms with Gasteiger partial charge in [-0.15, -0.1) is 0 Å². The highest BCUT2D eigenvalue weighted by atomic mass is 19.4. The Labute approximate surface area is 137 Å². The molecule has 0 saturated heterocycles. The zero-order valence-corrected chi connectivity index (χ0v) is 13.8. The second-order valence-electron chi connectivity index (χ2n) is 5.49. The van der Waals surface area contributed by atoms with Crippen molar-refractivity contribution in [2.75, 3.05) is 0 Å². The van der Waals surface area contributed by atoms with Crippen molar-refractivity contribution in [1.82, 2.24) is 24.9 Å². The maximum absolute atomic E-state index is 12.6. The number of nitrogens with one attached hydrogen (secondary N) is 1. The zero-order chi connectivity index (χ0) is 17.9. The van der Waals surface area contributed by atoms with Gasteiger partial charge in [0.25, 0.3) is 0 Å². The van der Waals surface area contributed by atoms with Crippen LogP contribution < -0.4 is 5.32 Å². The fourth-order valence-corrected chi connectivity index (χ4v) is 2.34. The highest BCUT2D eigenvalue weighted by Gasteiger charge is 2.34. The van der Waals surface area contributed by atoms with E-state index in [-0.39, 0.29) is 18.9 Å². The zero-order valence-electron chi connectivity index (χ0n) is 13.8. The van der Waals surface area contributed by atoms with Crippen LogP contribution in [0.3, 0.4) is 0 Å². The molecule has 0 bridgehead atoms. The van der Waals surface area contributed by atoms with Crippen LogP contribution in [-0.4, -0.2) is 25.5 Å². The number of carbonyl (C=O) groups is 1. The Hall–Kier alpha value is -2.32. The lowest BCUT2D eigenvalue weighted by molar-refractivity contribution is -0.141. The maximum atomic E-state index is 12.6. The van der Waals surface area contributed by atoms with Crippen molar-refractivity contribution in [3.8, 4) is 0 Å². The van der Waals surface area contributed by atoms with E-state index < -0.39 is 11.9 Å². The summed E-state index contributed by atoms with van der Waals surface area (Å²) in [6.45, 7) is 6.62. The van der Waals surface area contributed by atoms with Crippen molar-refractivity contribution in [2.45, 2.75) is 53.0 Å². The van der Waals surface area contributed by atoms with Gasteiger partial charge in [-0.3, -0.25) is 14.2 Å². The van der Waals surface area contributed by atoms with E-state index in [1.54, 1.807) is 6.20 Å². The van der Waals surface area contributed by atoms with E-state index in [9.17, 15) is 18.0 Å². The van der Waals surface area contributed by atoms with Gasteiger partial charge >= 0.3 is 6.18 Å². The Kier molecular flexibility index (Phi) is 5.30. The summed E-state index contributed by atoms with van der Waals surface area (Å²) in [6.07, 6.45) is -2.72. The van der Waals surface area contributed by atoms with Crippen LogP contribution in [-0.2, 0) is 30.6 Å². The molecule has 2 aromatic heterocycles. The van der Waals surface area contributed by atoms with E-state index in [4.69, 9.17) is 0 Å². The second-order valence-corrected chi connectivity index (χ2v) is 5.49. The van der Waals surface area contributed by atoms with Gasteiger partial charge in [0.2, 0.25) is 5.91 Å². The first kappa shape index (κ1) is 18.0. The predicted octanol–water partition coefficient (Wildman–Crippen LogP) is 2.44. The molecule has 0 unspecified atom stereocenters. The van der Waals surface area contributed by atoms with Gasteiger partial charge in [0.05, 0.1) is 6.20 Å². The van der Waals surface area contributed by atoms with Gasteiger partial charge in [-0.05, 0) is 26.8 Å². The van der Waals surface area contributed by atoms with Gasteiger partial charge in [-0.1, -0.05) is 0 Å². The number of amides is 1. The smallest absolute Gasteiger partial charge is 0.352 e. The molecule has 0 aromatic carbocycles. The molecule has 0 aliphatic rings. The average molecular weight is 343 g/mol. The molecule has 0 saturated carbocycles. The molecule has 0 radical (unpaired) electrons. The summed E-state index contributed by atoms with van der Waals surface area (Å²) in [6, 6.07) is 0.973. The standard InChI is InChI=1S/C15H20F3N5O/c1-4-22-11(3)12(9-20-22)8-19-14(24)5-6-23-10(2)7-13(21-23)15(16,17)18/h7,9H,4-6,8H2,1-3H3,(H,19,24). The molecule has 2 heterocycles. The van der Waals surface area contributed by atoms with Crippen LogP contribution in [0.1, 0.15) is 36.0 Å². The molecule has 1 amide bonds. The minimum absolute atomic E-state index is 0.0563. The number of nitrogens with zero attached hydrogens (tertiary/aromatic N) is 4. The number of halogens is 3. The summed E-state index contributed by atoms with van der Waals surface area (Å²) in [4.78, 5) is 11.9. The summed E-state index contributed by atoms with van der Waals surface area (Å²) >= 11 is 0. The van der Waals surface area contributed by atoms with E-state index in [0.29, 0.717) is 12.2 Å². The molecular weight excluding hydrogens is 323 g/mol. The minimum Gasteiger partial charge on any atom is -0.352 e. The third-order valence-electron chi connectivity index (χ3n) is 3.80. The number of hydrogen-bond donors (Lipinski definition) is 1. The van der Waals surface area contributed by atoms with Crippen LogP contribution in [0.25, 0.3) is 0 Å². The highest BCUT2D eigenvalue weighted by molar-refractivity contribution is 5.75. The van der Waals surface area contributed by atoms with E-state index in [2.05, 4.69) is 15.5 Å². The molecule has 24 heavy (non-hydrogen) atoms. The normalized spacial score (nSPS) is 11.8. The van der Waals surface area contributed by atoms with E-state index in [1.165, 1.54) is 11.6 Å². The Balaban J connectivity index is 1.87. The van der Waals surface area contributed by atoms with Gasteiger partial charge in [0, 0.05) is 43.0 Å². The molecular formula is C15H20F3N5O. The number of alkyl halides is 3. The van der Waals surface area contributed by atoms with E-state index in [1.807, 2.05) is 18.5 Å². The van der Waals surface area contributed by atoms with Crippen LogP contribution in [0.2, 0.25) is 0 Å². The fourth-order valence-electron chi connectivity index (χ4n) is 2.34. The van der Waals surface area contributed by atoms with Crippen LogP contribution in [0.15, 0.2) is 12.3 Å². The molecule has 1 N–H and O–H groups in total. The van der Waals surface area contributed by atoms with Gasteiger partial charge in [0.15, 0.2) is 5.69 Å². The largest absolute Gasteiger partial charge is 0.435 e. The van der Waals surface area contributed by atoms with Crippen molar-refractivity contribution in [1.29, 1.82) is 0 Å². The van der Waals surface area contributed by atoms with Crippen LogP contribution in [0.4, 0.5) is 13.2 Å². The molecule has 9 heteroatoms. The number of aromatic nitrogens is 4. The molecule has 0 spiro atoms. The Morgan fingerprint density at radius 1 is 1.29 bits per heavy atom. The van der Waals surface area contributed by atoms with Crippen LogP contribution >= 0.6 is 0 Å². The van der Waals surface area contributed by atoms with Gasteiger partial charge in [-0.2, -0.15) is 23.4 Å². The maximum Gasteiger partial charge on any atom is 0.435 e. The van der Waals surface area contributed by atoms with Crippen molar-refractivity contribution >= 4 is 5.91 Å². The van der Waals surface area contributed by atoms with Gasteiger partial charge in [-0.25, -0.2) is 0 Å². The molecule has 0 aliphatic heterocycles. The first-order valence-corrected chi connectivity index (χ1v) is 7.62. The minimum atomic E-state index is -4.48. The lowest BCUT2D eigenvalue weighted by Gasteiger charge is -2.07. The summed E-state index contributed by atoms with van der Waals surface area (Å²) in [5.41, 5.74) is 1.33. The molecule has 0 atom stereocenters. The summed E-state index contributed by atoms with van der Waals surface area (Å²) < 4.78 is 40.8. The number of aryl methyl sites for hydroxylation is 3. The van der Waals surface area contributed by atoms with Crippen molar-refractivity contribution in [3.05, 3.63) is 34.9 Å². The van der Waals surface area contributed by atoms with E-state index >= 15 is 0 Å². The fraction of sp³-hybridized carbons (Fsp3) is 0.533. The molecule has 2 aromatic rings. The first-order chi connectivity index (χ1) is 11.2. The number of carbonyl (C=O) groups excluding carboxylic acids is 1. The summed E-state index contributed by atoms with van der Waals surface area (Å²) in [7, 11) is 0. The van der Waals surface area contributed by atoms with Crippen molar-refractivity contribution in [2.24, 2.45) is 0 Å². The third-order valence-corrected chi connectivity index (χ3v) is 3.80. The Morgan fingerprint density at radius 3 is 2.54 bits per heavy atom. The molecule has 0 fully saturated rings. The van der Waals surface area contributed by atoms with Crippen molar-refractivity contribution < 1.29 is 18.0 Å². The van der Waals surface area contributed by atoms with Gasteiger partial charge in [0.1, 0.15) is 0 Å². The molecule has 2 rings (SSSR count). The molecule has 132 valence electrons. The lowest BCUT2D eigenvalue weighted by Crippen LogP contribution is -2.24. The van der Waals surface area contributed by atoms with Crippen LogP contribution in [0, 0.1) is 13.8 Å². The highest BCUT2D eigenvalue weighted by Crippen LogP contribution is 2.28. The predicted molar refractivity (Wildman–Crippen MR) is 81.1 cm³/mol. The lowest BCUT2D eigenvalue weighted by atomic mass is 10.2. The van der Waals surface area contributed by atoms with E-state index in [0.717, 1.165) is 23.9 Å². The quantitative estimate of drug-likeness (QED) is 0.876.